The van der Waals surface area contributed by atoms with Crippen molar-refractivity contribution >= 4 is 11.8 Å². The van der Waals surface area contributed by atoms with E-state index >= 15 is 0 Å². The van der Waals surface area contributed by atoms with Gasteiger partial charge in [-0.1, -0.05) is 12.1 Å². The minimum absolute atomic E-state index is 0.145. The van der Waals surface area contributed by atoms with Crippen LogP contribution in [0.15, 0.2) is 24.3 Å². The van der Waals surface area contributed by atoms with Crippen molar-refractivity contribution in [1.29, 1.82) is 0 Å². The molecule has 0 bridgehead atoms. The van der Waals surface area contributed by atoms with E-state index in [1.165, 1.54) is 24.3 Å². The van der Waals surface area contributed by atoms with Crippen LogP contribution in [-0.2, 0) is 15.0 Å². The van der Waals surface area contributed by atoms with Crippen LogP contribution in [0.25, 0.3) is 0 Å². The maximum atomic E-state index is 13.0. The smallest absolute Gasteiger partial charge is 0.406 e. The van der Waals surface area contributed by atoms with Gasteiger partial charge in [-0.25, -0.2) is 0 Å². The number of rotatable bonds is 4. The van der Waals surface area contributed by atoms with Crippen LogP contribution < -0.4 is 10.5 Å². The predicted octanol–water partition coefficient (Wildman–Crippen LogP) is 1.95. The molecule has 0 aromatic heterocycles. The molecule has 0 spiro atoms. The second kappa shape index (κ2) is 5.12. The van der Waals surface area contributed by atoms with Crippen molar-refractivity contribution in [3.63, 3.8) is 0 Å². The zero-order chi connectivity index (χ0) is 18.0. The number of carbonyl (C=O) groups is 2. The number of benzene rings is 1. The van der Waals surface area contributed by atoms with Gasteiger partial charge in [0.05, 0.1) is 5.41 Å². The lowest BCUT2D eigenvalue weighted by Crippen LogP contribution is -2.50. The Hall–Kier alpha value is -2.25. The lowest BCUT2D eigenvalue weighted by molar-refractivity contribution is -0.274. The van der Waals surface area contributed by atoms with Crippen molar-refractivity contribution in [3.8, 4) is 5.75 Å². The molecule has 1 saturated heterocycles. The highest BCUT2D eigenvalue weighted by atomic mass is 19.4. The molecule has 2 saturated carbocycles. The molecule has 4 rings (SSSR count). The fourth-order valence-corrected chi connectivity index (χ4v) is 4.04. The molecule has 5 nitrogen and oxygen atoms in total. The van der Waals surface area contributed by atoms with Crippen molar-refractivity contribution in [2.45, 2.75) is 37.1 Å². The Morgan fingerprint density at radius 1 is 1.20 bits per heavy atom. The van der Waals surface area contributed by atoms with Gasteiger partial charge in [0.15, 0.2) is 0 Å². The van der Waals surface area contributed by atoms with E-state index in [1.54, 1.807) is 4.90 Å². The van der Waals surface area contributed by atoms with Gasteiger partial charge >= 0.3 is 6.36 Å². The van der Waals surface area contributed by atoms with Gasteiger partial charge in [-0.3, -0.25) is 9.59 Å². The molecule has 3 atom stereocenters. The molecule has 2 aliphatic carbocycles. The van der Waals surface area contributed by atoms with Gasteiger partial charge in [-0.05, 0) is 48.8 Å². The molecule has 0 radical (unpaired) electrons. The number of halogens is 3. The predicted molar refractivity (Wildman–Crippen MR) is 80.3 cm³/mol. The van der Waals surface area contributed by atoms with Crippen LogP contribution in [0.4, 0.5) is 13.2 Å². The zero-order valence-corrected chi connectivity index (χ0v) is 13.3. The van der Waals surface area contributed by atoms with Crippen LogP contribution in [0.2, 0.25) is 0 Å². The summed E-state index contributed by atoms with van der Waals surface area (Å²) in [7, 11) is 0. The molecule has 25 heavy (non-hydrogen) atoms. The van der Waals surface area contributed by atoms with Crippen LogP contribution in [0.1, 0.15) is 24.8 Å². The number of nitrogens with zero attached hydrogens (tertiary/aromatic N) is 1. The minimum atomic E-state index is -4.75. The molecule has 3 fully saturated rings. The number of primary amides is 1. The summed E-state index contributed by atoms with van der Waals surface area (Å²) in [5.41, 5.74) is 5.37. The molecule has 1 aromatic carbocycles. The van der Waals surface area contributed by atoms with Crippen molar-refractivity contribution in [1.82, 2.24) is 4.90 Å². The van der Waals surface area contributed by atoms with Gasteiger partial charge in [0.1, 0.15) is 11.8 Å². The molecular weight excluding hydrogens is 337 g/mol. The second-order valence-electron chi connectivity index (χ2n) is 7.12. The first kappa shape index (κ1) is 16.2. The van der Waals surface area contributed by atoms with Gasteiger partial charge in [0.2, 0.25) is 11.8 Å². The van der Waals surface area contributed by atoms with E-state index in [0.29, 0.717) is 30.9 Å². The summed E-state index contributed by atoms with van der Waals surface area (Å²) < 4.78 is 40.6. The molecule has 2 amide bonds. The van der Waals surface area contributed by atoms with Crippen LogP contribution in [0.5, 0.6) is 5.75 Å². The number of hydrogen-bond acceptors (Lipinski definition) is 3. The molecule has 3 aliphatic rings. The third kappa shape index (κ3) is 2.73. The fraction of sp³-hybridized carbons (Fsp3) is 0.529. The number of hydrogen-bond donors (Lipinski definition) is 1. The largest absolute Gasteiger partial charge is 0.573 e. The molecule has 1 aromatic rings. The van der Waals surface area contributed by atoms with Gasteiger partial charge in [0.25, 0.3) is 0 Å². The molecule has 8 heteroatoms. The molecule has 134 valence electrons. The van der Waals surface area contributed by atoms with Gasteiger partial charge < -0.3 is 15.4 Å². The van der Waals surface area contributed by atoms with Crippen molar-refractivity contribution in [2.24, 2.45) is 17.6 Å². The number of piperidine rings is 1. The maximum absolute atomic E-state index is 13.0. The van der Waals surface area contributed by atoms with Crippen molar-refractivity contribution < 1.29 is 27.5 Å². The summed E-state index contributed by atoms with van der Waals surface area (Å²) >= 11 is 0. The number of likely N-dealkylation sites (tertiary alicyclic amines) is 1. The number of alkyl halides is 3. The Bertz CT molecular complexity index is 728. The van der Waals surface area contributed by atoms with Crippen LogP contribution in [0.3, 0.4) is 0 Å². The molecule has 2 N–H and O–H groups in total. The Morgan fingerprint density at radius 3 is 2.36 bits per heavy atom. The maximum Gasteiger partial charge on any atom is 0.573 e. The zero-order valence-electron chi connectivity index (χ0n) is 13.3. The van der Waals surface area contributed by atoms with Gasteiger partial charge in [-0.2, -0.15) is 0 Å². The minimum Gasteiger partial charge on any atom is -0.406 e. The normalized spacial score (nSPS) is 29.1. The van der Waals surface area contributed by atoms with E-state index < -0.39 is 23.7 Å². The van der Waals surface area contributed by atoms with Gasteiger partial charge in [0, 0.05) is 6.54 Å². The molecular formula is C17H17F3N2O3. The standard InChI is InChI=1S/C17H17F3N2O3/c18-17(19,20)25-11-3-1-10(2-4-11)16(5-6-16)15(24)22-8-9-7-12(9)13(22)14(21)23/h1-4,9,12-13H,5-8H2,(H2,21,23). The summed E-state index contributed by atoms with van der Waals surface area (Å²) in [4.78, 5) is 26.3. The molecule has 3 unspecified atom stereocenters. The quantitative estimate of drug-likeness (QED) is 0.898. The third-order valence-electron chi connectivity index (χ3n) is 5.50. The highest BCUT2D eigenvalue weighted by Gasteiger charge is 2.61. The van der Waals surface area contributed by atoms with Crippen LogP contribution in [0, 0.1) is 11.8 Å². The van der Waals surface area contributed by atoms with E-state index in [2.05, 4.69) is 4.74 Å². The molecule has 1 aliphatic heterocycles. The second-order valence-corrected chi connectivity index (χ2v) is 7.12. The fourth-order valence-electron chi connectivity index (χ4n) is 4.04. The summed E-state index contributed by atoms with van der Waals surface area (Å²) in [5, 5.41) is 0. The van der Waals surface area contributed by atoms with Crippen molar-refractivity contribution in [2.75, 3.05) is 6.54 Å². The average Bonchev–Trinajstić information content (AvgIpc) is 3.43. The Kier molecular flexibility index (Phi) is 3.33. The highest BCUT2D eigenvalue weighted by molar-refractivity contribution is 5.96. The van der Waals surface area contributed by atoms with Gasteiger partial charge in [-0.15, -0.1) is 13.2 Å². The van der Waals surface area contributed by atoms with E-state index in [4.69, 9.17) is 5.73 Å². The van der Waals surface area contributed by atoms with Crippen LogP contribution >= 0.6 is 0 Å². The summed E-state index contributed by atoms with van der Waals surface area (Å²) in [6.07, 6.45) is -2.60. The monoisotopic (exact) mass is 354 g/mol. The number of carbonyl (C=O) groups excluding carboxylic acids is 2. The van der Waals surface area contributed by atoms with E-state index in [9.17, 15) is 22.8 Å². The van der Waals surface area contributed by atoms with E-state index in [1.807, 2.05) is 0 Å². The van der Waals surface area contributed by atoms with Crippen LogP contribution in [-0.4, -0.2) is 35.7 Å². The van der Waals surface area contributed by atoms with Crippen molar-refractivity contribution in [3.05, 3.63) is 29.8 Å². The first-order chi connectivity index (χ1) is 11.7. The Morgan fingerprint density at radius 2 is 1.84 bits per heavy atom. The Balaban J connectivity index is 1.54. The topological polar surface area (TPSA) is 72.6 Å². The van der Waals surface area contributed by atoms with E-state index in [0.717, 1.165) is 6.42 Å². The average molecular weight is 354 g/mol. The molecule has 1 heterocycles. The number of ether oxygens (including phenoxy) is 1. The first-order valence-electron chi connectivity index (χ1n) is 8.18. The SMILES string of the molecule is NC(=O)C1C2CC2CN1C(=O)C1(c2ccc(OC(F)(F)F)cc2)CC1. The summed E-state index contributed by atoms with van der Waals surface area (Å²) in [6.45, 7) is 0.536. The number of amides is 2. The Labute approximate surface area is 141 Å². The lowest BCUT2D eigenvalue weighted by Gasteiger charge is -2.29. The lowest BCUT2D eigenvalue weighted by atomic mass is 9.93. The number of nitrogens with two attached hydrogens (primary N) is 1. The third-order valence-corrected chi connectivity index (χ3v) is 5.50. The highest BCUT2D eigenvalue weighted by Crippen LogP contribution is 2.55. The summed E-state index contributed by atoms with van der Waals surface area (Å²) in [6, 6.07) is 4.85. The summed E-state index contributed by atoms with van der Waals surface area (Å²) in [5.74, 6) is -0.437. The first-order valence-corrected chi connectivity index (χ1v) is 8.18. The van der Waals surface area contributed by atoms with E-state index in [-0.39, 0.29) is 17.6 Å². The number of fused-ring (bicyclic) bond motifs is 1.